The van der Waals surface area contributed by atoms with E-state index in [0.29, 0.717) is 5.41 Å². The van der Waals surface area contributed by atoms with E-state index in [1.807, 2.05) is 0 Å². The topological polar surface area (TPSA) is 0 Å². The van der Waals surface area contributed by atoms with Gasteiger partial charge >= 0.3 is 0 Å². The zero-order valence-corrected chi connectivity index (χ0v) is 9.08. The minimum atomic E-state index is 0.607. The van der Waals surface area contributed by atoms with Gasteiger partial charge in [-0.25, -0.2) is 0 Å². The molecule has 14 heavy (non-hydrogen) atoms. The highest BCUT2D eigenvalue weighted by Gasteiger charge is 2.51. The smallest absolute Gasteiger partial charge is 0.0168 e. The summed E-state index contributed by atoms with van der Waals surface area (Å²) in [5.74, 6) is 2.80. The van der Waals surface area contributed by atoms with Crippen LogP contribution in [-0.4, -0.2) is 0 Å². The van der Waals surface area contributed by atoms with E-state index >= 15 is 0 Å². The molecule has 4 unspecified atom stereocenters. The van der Waals surface area contributed by atoms with Gasteiger partial charge in [-0.15, -0.1) is 0 Å². The second kappa shape index (κ2) is 2.98. The van der Waals surface area contributed by atoms with Gasteiger partial charge in [0.1, 0.15) is 0 Å². The molecule has 0 aromatic rings. The third kappa shape index (κ3) is 1.06. The molecule has 3 aliphatic rings. The monoisotopic (exact) mass is 188 g/mol. The zero-order valence-electron chi connectivity index (χ0n) is 9.08. The Labute approximate surface area is 87.1 Å². The molecule has 0 saturated heterocycles. The molecule has 1 fully saturated rings. The van der Waals surface area contributed by atoms with Crippen molar-refractivity contribution in [1.82, 2.24) is 0 Å². The molecular weight excluding hydrogens is 168 g/mol. The summed E-state index contributed by atoms with van der Waals surface area (Å²) in [5, 5.41) is 0. The Morgan fingerprint density at radius 1 is 1.21 bits per heavy atom. The molecule has 4 atom stereocenters. The van der Waals surface area contributed by atoms with Crippen molar-refractivity contribution in [3.8, 4) is 0 Å². The molecule has 0 amide bonds. The van der Waals surface area contributed by atoms with Crippen molar-refractivity contribution in [2.24, 2.45) is 23.2 Å². The number of hydrogen-bond acceptors (Lipinski definition) is 0. The molecule has 1 saturated carbocycles. The minimum Gasteiger partial charge on any atom is -0.0885 e. The highest BCUT2D eigenvalue weighted by Crippen LogP contribution is 2.59. The van der Waals surface area contributed by atoms with Crippen molar-refractivity contribution in [3.63, 3.8) is 0 Å². The average molecular weight is 188 g/mol. The highest BCUT2D eigenvalue weighted by molar-refractivity contribution is 5.19. The van der Waals surface area contributed by atoms with E-state index in [-0.39, 0.29) is 0 Å². The predicted octanol–water partition coefficient (Wildman–Crippen LogP) is 3.95. The Bertz CT molecular complexity index is 286. The van der Waals surface area contributed by atoms with Crippen LogP contribution in [0.2, 0.25) is 0 Å². The largest absolute Gasteiger partial charge is 0.0885 e. The Balaban J connectivity index is 1.95. The van der Waals surface area contributed by atoms with Gasteiger partial charge in [0, 0.05) is 0 Å². The summed E-state index contributed by atoms with van der Waals surface area (Å²) in [6.07, 6.45) is 16.8. The summed E-state index contributed by atoms with van der Waals surface area (Å²) in [4.78, 5) is 0. The fraction of sp³-hybridized carbons (Fsp3) is 0.714. The fourth-order valence-electron chi connectivity index (χ4n) is 4.04. The van der Waals surface area contributed by atoms with Gasteiger partial charge < -0.3 is 0 Å². The average Bonchev–Trinajstić information content (AvgIpc) is 2.68. The Hall–Kier alpha value is -0.520. The lowest BCUT2D eigenvalue weighted by Crippen LogP contribution is -2.31. The van der Waals surface area contributed by atoms with E-state index < -0.39 is 0 Å². The molecule has 3 rings (SSSR count). The Kier molecular flexibility index (Phi) is 1.87. The van der Waals surface area contributed by atoms with Crippen molar-refractivity contribution >= 4 is 0 Å². The van der Waals surface area contributed by atoms with Gasteiger partial charge in [0.25, 0.3) is 0 Å². The van der Waals surface area contributed by atoms with Crippen LogP contribution < -0.4 is 0 Å². The van der Waals surface area contributed by atoms with Gasteiger partial charge in [-0.1, -0.05) is 31.2 Å². The quantitative estimate of drug-likeness (QED) is 0.505. The van der Waals surface area contributed by atoms with Crippen LogP contribution in [0.25, 0.3) is 0 Å². The number of hydrogen-bond donors (Lipinski definition) is 0. The van der Waals surface area contributed by atoms with Gasteiger partial charge in [0.05, 0.1) is 0 Å². The van der Waals surface area contributed by atoms with Crippen LogP contribution >= 0.6 is 0 Å². The molecule has 0 aliphatic heterocycles. The Morgan fingerprint density at radius 2 is 2.14 bits per heavy atom. The first-order valence-electron chi connectivity index (χ1n) is 6.14. The summed E-state index contributed by atoms with van der Waals surface area (Å²) >= 11 is 0. The molecule has 0 radical (unpaired) electrons. The van der Waals surface area contributed by atoms with E-state index in [1.165, 1.54) is 32.1 Å². The van der Waals surface area contributed by atoms with Crippen molar-refractivity contribution < 1.29 is 0 Å². The number of fused-ring (bicyclic) bond motifs is 5. The number of rotatable bonds is 0. The molecule has 0 spiro atoms. The van der Waals surface area contributed by atoms with Crippen LogP contribution in [-0.2, 0) is 0 Å². The van der Waals surface area contributed by atoms with Crippen molar-refractivity contribution in [3.05, 3.63) is 24.3 Å². The summed E-state index contributed by atoms with van der Waals surface area (Å²) < 4.78 is 0. The fourth-order valence-corrected chi connectivity index (χ4v) is 4.04. The van der Waals surface area contributed by atoms with E-state index in [1.54, 1.807) is 0 Å². The lowest BCUT2D eigenvalue weighted by atomic mass is 9.65. The zero-order chi connectivity index (χ0) is 9.60. The maximum atomic E-state index is 2.53. The van der Waals surface area contributed by atoms with Crippen LogP contribution in [0.15, 0.2) is 24.3 Å². The first kappa shape index (κ1) is 8.76. The normalized spacial score (nSPS) is 50.2. The van der Waals surface area contributed by atoms with Crippen LogP contribution in [0.3, 0.4) is 0 Å². The van der Waals surface area contributed by atoms with Crippen molar-refractivity contribution in [2.75, 3.05) is 0 Å². The molecule has 2 bridgehead atoms. The van der Waals surface area contributed by atoms with Gasteiger partial charge in [-0.05, 0) is 55.3 Å². The lowest BCUT2D eigenvalue weighted by molar-refractivity contribution is 0.152. The summed E-state index contributed by atoms with van der Waals surface area (Å²) in [5.41, 5.74) is 0.607. The van der Waals surface area contributed by atoms with Crippen molar-refractivity contribution in [1.29, 1.82) is 0 Å². The molecule has 0 aromatic heterocycles. The first-order valence-corrected chi connectivity index (χ1v) is 6.14. The molecule has 0 aromatic carbocycles. The first-order chi connectivity index (χ1) is 6.81. The highest BCUT2D eigenvalue weighted by atomic mass is 14.6. The van der Waals surface area contributed by atoms with Crippen LogP contribution in [0.4, 0.5) is 0 Å². The summed E-state index contributed by atoms with van der Waals surface area (Å²) in [6.45, 7) is 2.53. The van der Waals surface area contributed by atoms with Gasteiger partial charge in [0.15, 0.2) is 0 Å². The predicted molar refractivity (Wildman–Crippen MR) is 59.9 cm³/mol. The van der Waals surface area contributed by atoms with Crippen LogP contribution in [0, 0.1) is 23.2 Å². The van der Waals surface area contributed by atoms with Gasteiger partial charge in [-0.3, -0.25) is 0 Å². The second-order valence-corrected chi connectivity index (χ2v) is 5.61. The van der Waals surface area contributed by atoms with Crippen molar-refractivity contribution in [2.45, 2.75) is 39.0 Å². The summed E-state index contributed by atoms with van der Waals surface area (Å²) in [7, 11) is 0. The van der Waals surface area contributed by atoms with E-state index in [9.17, 15) is 0 Å². The number of allylic oxidation sites excluding steroid dienone is 4. The van der Waals surface area contributed by atoms with Gasteiger partial charge in [-0.2, -0.15) is 0 Å². The van der Waals surface area contributed by atoms with E-state index in [2.05, 4.69) is 31.2 Å². The standard InChI is InChI=1S/C14H20/c1-14-9-5-3-2-4-6-13(14)11-7-8-12(14)10-11/h3,5,7-8,11-13H,2,4,6,9-10H2,1H3. The van der Waals surface area contributed by atoms with Gasteiger partial charge in [0.2, 0.25) is 0 Å². The van der Waals surface area contributed by atoms with Crippen LogP contribution in [0.1, 0.15) is 39.0 Å². The third-order valence-corrected chi connectivity index (χ3v) is 4.94. The molecule has 3 aliphatic carbocycles. The van der Waals surface area contributed by atoms with E-state index in [4.69, 9.17) is 0 Å². The molecular formula is C14H20. The molecule has 0 N–H and O–H groups in total. The molecule has 0 heteroatoms. The minimum absolute atomic E-state index is 0.607. The lowest BCUT2D eigenvalue weighted by Gasteiger charge is -2.39. The van der Waals surface area contributed by atoms with Crippen LogP contribution in [0.5, 0.6) is 0 Å². The maximum absolute atomic E-state index is 2.53. The SMILES string of the molecule is CC12CC=CCCCC1C1C=CC2C1. The molecule has 76 valence electrons. The van der Waals surface area contributed by atoms with E-state index in [0.717, 1.165) is 17.8 Å². The molecule has 0 nitrogen and oxygen atoms in total. The molecule has 0 heterocycles. The Morgan fingerprint density at radius 3 is 3.07 bits per heavy atom. The summed E-state index contributed by atoms with van der Waals surface area (Å²) in [6, 6.07) is 0. The second-order valence-electron chi connectivity index (χ2n) is 5.61. The third-order valence-electron chi connectivity index (χ3n) is 4.94. The maximum Gasteiger partial charge on any atom is -0.0168 e.